The number of nitrogens with two attached hydrogens (primary N) is 1. The number of rotatable bonds is 3. The van der Waals surface area contributed by atoms with Gasteiger partial charge in [-0.25, -0.2) is 4.99 Å². The molecule has 58 valence electrons. The zero-order valence-electron chi connectivity index (χ0n) is 6.34. The fraction of sp³-hybridized carbons (Fsp3) is 0.857. The third-order valence-electron chi connectivity index (χ3n) is 1.57. The first-order chi connectivity index (χ1) is 4.86. The zero-order valence-corrected chi connectivity index (χ0v) is 6.34. The first-order valence-corrected chi connectivity index (χ1v) is 3.76. The predicted molar refractivity (Wildman–Crippen MR) is 41.1 cm³/mol. The first-order valence-electron chi connectivity index (χ1n) is 3.76. The molecule has 0 amide bonds. The van der Waals surface area contributed by atoms with Crippen molar-refractivity contribution in [1.29, 1.82) is 0 Å². The summed E-state index contributed by atoms with van der Waals surface area (Å²) < 4.78 is 5.19. The summed E-state index contributed by atoms with van der Waals surface area (Å²) >= 11 is 0. The molecule has 1 rings (SSSR count). The Balaban J connectivity index is 2.32. The Bertz CT molecular complexity index is 134. The van der Waals surface area contributed by atoms with Gasteiger partial charge < -0.3 is 10.5 Å². The molecular formula is C7H14N2O. The Morgan fingerprint density at radius 3 is 3.10 bits per heavy atom. The minimum Gasteiger partial charge on any atom is -0.478 e. The smallest absolute Gasteiger partial charge is 0.197 e. The van der Waals surface area contributed by atoms with Crippen LogP contribution in [0.2, 0.25) is 0 Å². The van der Waals surface area contributed by atoms with Crippen LogP contribution >= 0.6 is 0 Å². The molecule has 0 aromatic heterocycles. The van der Waals surface area contributed by atoms with Crippen LogP contribution in [-0.4, -0.2) is 25.1 Å². The molecule has 2 N–H and O–H groups in total. The molecule has 1 unspecified atom stereocenters. The maximum atomic E-state index is 5.34. The van der Waals surface area contributed by atoms with Crippen LogP contribution in [0.4, 0.5) is 0 Å². The third-order valence-corrected chi connectivity index (χ3v) is 1.57. The van der Waals surface area contributed by atoms with Crippen molar-refractivity contribution in [1.82, 2.24) is 0 Å². The van der Waals surface area contributed by atoms with Crippen molar-refractivity contribution in [2.24, 2.45) is 10.7 Å². The highest BCUT2D eigenvalue weighted by Crippen LogP contribution is 2.09. The average molecular weight is 142 g/mol. The molecule has 0 aromatic carbocycles. The lowest BCUT2D eigenvalue weighted by molar-refractivity contribution is 0.307. The van der Waals surface area contributed by atoms with Crippen molar-refractivity contribution >= 4 is 5.90 Å². The second-order valence-electron chi connectivity index (χ2n) is 2.48. The van der Waals surface area contributed by atoms with Gasteiger partial charge >= 0.3 is 0 Å². The highest BCUT2D eigenvalue weighted by molar-refractivity contribution is 5.79. The Kier molecular flexibility index (Phi) is 2.68. The fourth-order valence-corrected chi connectivity index (χ4v) is 1.06. The molecule has 0 bridgehead atoms. The van der Waals surface area contributed by atoms with Crippen LogP contribution in [0.25, 0.3) is 0 Å². The van der Waals surface area contributed by atoms with E-state index in [1.54, 1.807) is 0 Å². The number of hydrogen-bond donors (Lipinski definition) is 1. The standard InChI is InChI=1S/C7H14N2O/c1-2-3-6-5-10-7(4-8)9-6/h6H,2-5,8H2,1H3. The second kappa shape index (κ2) is 3.56. The number of ether oxygens (including phenoxy) is 1. The average Bonchev–Trinajstić information content (AvgIpc) is 2.37. The molecule has 0 aromatic rings. The SMILES string of the molecule is CCCC1COC(CN)=N1. The molecule has 3 heteroatoms. The third kappa shape index (κ3) is 1.70. The van der Waals surface area contributed by atoms with E-state index in [4.69, 9.17) is 10.5 Å². The highest BCUT2D eigenvalue weighted by atomic mass is 16.5. The van der Waals surface area contributed by atoms with E-state index < -0.39 is 0 Å². The Hall–Kier alpha value is -0.570. The summed E-state index contributed by atoms with van der Waals surface area (Å²) in [5.41, 5.74) is 5.34. The number of hydrogen-bond acceptors (Lipinski definition) is 3. The number of nitrogens with zero attached hydrogens (tertiary/aromatic N) is 1. The van der Waals surface area contributed by atoms with Gasteiger partial charge in [-0.1, -0.05) is 13.3 Å². The van der Waals surface area contributed by atoms with E-state index in [1.807, 2.05) is 0 Å². The molecule has 1 aliphatic heterocycles. The van der Waals surface area contributed by atoms with Crippen molar-refractivity contribution in [2.45, 2.75) is 25.8 Å². The van der Waals surface area contributed by atoms with Gasteiger partial charge in [0.15, 0.2) is 5.90 Å². The quantitative estimate of drug-likeness (QED) is 0.625. The molecule has 0 fully saturated rings. The van der Waals surface area contributed by atoms with E-state index in [0.717, 1.165) is 25.3 Å². The van der Waals surface area contributed by atoms with Gasteiger partial charge in [-0.3, -0.25) is 0 Å². The molecule has 3 nitrogen and oxygen atoms in total. The molecule has 0 saturated carbocycles. The van der Waals surface area contributed by atoms with Gasteiger partial charge in [0.25, 0.3) is 0 Å². The van der Waals surface area contributed by atoms with Gasteiger partial charge in [0, 0.05) is 0 Å². The summed E-state index contributed by atoms with van der Waals surface area (Å²) in [5.74, 6) is 0.721. The summed E-state index contributed by atoms with van der Waals surface area (Å²) in [5, 5.41) is 0. The van der Waals surface area contributed by atoms with Crippen LogP contribution in [-0.2, 0) is 4.74 Å². The van der Waals surface area contributed by atoms with Crippen LogP contribution < -0.4 is 5.73 Å². The molecule has 0 saturated heterocycles. The van der Waals surface area contributed by atoms with Crippen LogP contribution in [0, 0.1) is 0 Å². The minimum absolute atomic E-state index is 0.378. The lowest BCUT2D eigenvalue weighted by atomic mass is 10.2. The lowest BCUT2D eigenvalue weighted by Crippen LogP contribution is -2.13. The summed E-state index contributed by atoms with van der Waals surface area (Å²) in [4.78, 5) is 4.27. The van der Waals surface area contributed by atoms with Gasteiger partial charge in [-0.15, -0.1) is 0 Å². The second-order valence-corrected chi connectivity index (χ2v) is 2.48. The molecular weight excluding hydrogens is 128 g/mol. The predicted octanol–water partition coefficient (Wildman–Crippen LogP) is 0.543. The normalized spacial score (nSPS) is 24.2. The largest absolute Gasteiger partial charge is 0.478 e. The summed E-state index contributed by atoms with van der Waals surface area (Å²) in [6, 6.07) is 0.378. The monoisotopic (exact) mass is 142 g/mol. The molecule has 0 radical (unpaired) electrons. The summed E-state index contributed by atoms with van der Waals surface area (Å²) in [6.45, 7) is 3.33. The van der Waals surface area contributed by atoms with Gasteiger partial charge in [-0.2, -0.15) is 0 Å². The van der Waals surface area contributed by atoms with Gasteiger partial charge in [0.05, 0.1) is 12.6 Å². The van der Waals surface area contributed by atoms with E-state index in [1.165, 1.54) is 0 Å². The van der Waals surface area contributed by atoms with E-state index in [9.17, 15) is 0 Å². The van der Waals surface area contributed by atoms with E-state index in [2.05, 4.69) is 11.9 Å². The van der Waals surface area contributed by atoms with Crippen molar-refractivity contribution in [3.63, 3.8) is 0 Å². The van der Waals surface area contributed by atoms with Crippen molar-refractivity contribution < 1.29 is 4.74 Å². The number of aliphatic imine (C=N–C) groups is 1. The van der Waals surface area contributed by atoms with E-state index >= 15 is 0 Å². The first kappa shape index (κ1) is 7.54. The highest BCUT2D eigenvalue weighted by Gasteiger charge is 2.15. The van der Waals surface area contributed by atoms with Gasteiger partial charge in [0.2, 0.25) is 0 Å². The van der Waals surface area contributed by atoms with Crippen molar-refractivity contribution in [3.8, 4) is 0 Å². The van der Waals surface area contributed by atoms with Gasteiger partial charge in [-0.05, 0) is 6.42 Å². The molecule has 0 aliphatic carbocycles. The topological polar surface area (TPSA) is 47.6 Å². The van der Waals surface area contributed by atoms with Crippen molar-refractivity contribution in [3.05, 3.63) is 0 Å². The summed E-state index contributed by atoms with van der Waals surface area (Å²) in [6.07, 6.45) is 2.28. The maximum Gasteiger partial charge on any atom is 0.197 e. The van der Waals surface area contributed by atoms with Crippen molar-refractivity contribution in [2.75, 3.05) is 13.2 Å². The van der Waals surface area contributed by atoms with E-state index in [0.29, 0.717) is 12.6 Å². The summed E-state index contributed by atoms with van der Waals surface area (Å²) in [7, 11) is 0. The van der Waals surface area contributed by atoms with Crippen LogP contribution in [0.15, 0.2) is 4.99 Å². The zero-order chi connectivity index (χ0) is 7.40. The maximum absolute atomic E-state index is 5.34. The minimum atomic E-state index is 0.378. The Morgan fingerprint density at radius 2 is 2.60 bits per heavy atom. The molecule has 10 heavy (non-hydrogen) atoms. The lowest BCUT2D eigenvalue weighted by Gasteiger charge is -1.99. The Labute approximate surface area is 61.3 Å². The van der Waals surface area contributed by atoms with E-state index in [-0.39, 0.29) is 0 Å². The van der Waals surface area contributed by atoms with Gasteiger partial charge in [0.1, 0.15) is 6.61 Å². The van der Waals surface area contributed by atoms with Crippen LogP contribution in [0.3, 0.4) is 0 Å². The molecule has 0 spiro atoms. The van der Waals surface area contributed by atoms with Crippen LogP contribution in [0.5, 0.6) is 0 Å². The molecule has 1 atom stereocenters. The molecule has 1 aliphatic rings. The Morgan fingerprint density at radius 1 is 1.80 bits per heavy atom. The van der Waals surface area contributed by atoms with Crippen LogP contribution in [0.1, 0.15) is 19.8 Å². The fourth-order valence-electron chi connectivity index (χ4n) is 1.06. The molecule has 1 heterocycles.